The molecule has 0 aromatic carbocycles. The van der Waals surface area contributed by atoms with Crippen LogP contribution in [0.5, 0.6) is 0 Å². The number of unbranched alkanes of at least 4 members (excludes halogenated alkanes) is 38. The summed E-state index contributed by atoms with van der Waals surface area (Å²) in [5.41, 5.74) is 0. The molecular formula is C54H110CaO8S2. The van der Waals surface area contributed by atoms with Crippen LogP contribution in [0.15, 0.2) is 0 Å². The molecule has 0 bridgehead atoms. The van der Waals surface area contributed by atoms with Gasteiger partial charge in [-0.25, -0.2) is 16.8 Å². The molecule has 0 spiro atoms. The Balaban J connectivity index is -0.00000116. The minimum atomic E-state index is -4.57. The van der Waals surface area contributed by atoms with E-state index in [1.807, 2.05) is 0 Å². The van der Waals surface area contributed by atoms with Gasteiger partial charge < -0.3 is 9.11 Å². The van der Waals surface area contributed by atoms with Crippen LogP contribution in [-0.2, 0) is 29.2 Å². The largest absolute Gasteiger partial charge is 2.00 e. The maximum absolute atomic E-state index is 10.8. The first-order valence-electron chi connectivity index (χ1n) is 28.2. The molecular weight excluding hydrogens is 881 g/mol. The molecule has 0 amide bonds. The standard InChI is InChI=1S/2C27H56O4S.Ca/c2*1-3-5-7-9-10-11-12-13-14-15-16-17-18-19-21-23-25-27(26-31-32(28,29)30)24-22-20-8-6-4-2;/h2*27H,3-26H2,1-2H3,(H,28,29,30);/q;;+2/p-2. The van der Waals surface area contributed by atoms with Gasteiger partial charge in [0.1, 0.15) is 0 Å². The molecule has 0 aliphatic carbocycles. The molecule has 0 saturated heterocycles. The second-order valence-corrected chi connectivity index (χ2v) is 21.8. The summed E-state index contributed by atoms with van der Waals surface area (Å²) in [4.78, 5) is 0. The molecule has 0 rings (SSSR count). The molecule has 2 atom stereocenters. The number of hydrogen-bond donors (Lipinski definition) is 0. The monoisotopic (exact) mass is 991 g/mol. The van der Waals surface area contributed by atoms with Gasteiger partial charge in [-0.2, -0.15) is 0 Å². The van der Waals surface area contributed by atoms with E-state index in [1.165, 1.54) is 244 Å². The van der Waals surface area contributed by atoms with Crippen LogP contribution < -0.4 is 0 Å². The summed E-state index contributed by atoms with van der Waals surface area (Å²) < 4.78 is 73.9. The summed E-state index contributed by atoms with van der Waals surface area (Å²) >= 11 is 0. The van der Waals surface area contributed by atoms with E-state index in [0.717, 1.165) is 51.4 Å². The van der Waals surface area contributed by atoms with Crippen molar-refractivity contribution in [3.8, 4) is 0 Å². The third-order valence-electron chi connectivity index (χ3n) is 13.3. The van der Waals surface area contributed by atoms with E-state index in [0.29, 0.717) is 0 Å². The second-order valence-electron chi connectivity index (χ2n) is 19.7. The minimum Gasteiger partial charge on any atom is -0.726 e. The Morgan fingerprint density at radius 2 is 0.415 bits per heavy atom. The summed E-state index contributed by atoms with van der Waals surface area (Å²) in [6, 6.07) is 0. The first-order chi connectivity index (χ1) is 31.0. The molecule has 0 fully saturated rings. The first kappa shape index (κ1) is 70.3. The van der Waals surface area contributed by atoms with E-state index in [1.54, 1.807) is 0 Å². The van der Waals surface area contributed by atoms with Crippen LogP contribution in [0.1, 0.15) is 323 Å². The SMILES string of the molecule is CCCCCCCCCCCCCCCCCCC(CCCCCCC)COS(=O)(=O)[O-].CCCCCCCCCCCCCCCCCCC(CCCCCCC)COS(=O)(=O)[O-].[Ca+2]. The van der Waals surface area contributed by atoms with Gasteiger partial charge in [0, 0.05) is 0 Å². The first-order valence-corrected chi connectivity index (χ1v) is 30.9. The molecule has 0 saturated carbocycles. The fourth-order valence-corrected chi connectivity index (χ4v) is 9.73. The summed E-state index contributed by atoms with van der Waals surface area (Å²) in [5.74, 6) is 0.402. The van der Waals surface area contributed by atoms with E-state index in [2.05, 4.69) is 36.1 Å². The molecule has 0 radical (unpaired) electrons. The van der Waals surface area contributed by atoms with E-state index >= 15 is 0 Å². The van der Waals surface area contributed by atoms with Crippen LogP contribution in [0.3, 0.4) is 0 Å². The molecule has 388 valence electrons. The zero-order valence-corrected chi connectivity index (χ0v) is 47.7. The van der Waals surface area contributed by atoms with Gasteiger partial charge in [-0.05, 0) is 37.5 Å². The van der Waals surface area contributed by atoms with Gasteiger partial charge in [0.25, 0.3) is 0 Å². The molecule has 0 aromatic heterocycles. The van der Waals surface area contributed by atoms with Gasteiger partial charge in [-0.3, -0.25) is 8.37 Å². The Hall–Kier alpha value is 1.000. The van der Waals surface area contributed by atoms with Gasteiger partial charge in [0.05, 0.1) is 13.2 Å². The molecule has 0 aliphatic rings. The van der Waals surface area contributed by atoms with Crippen molar-refractivity contribution in [2.75, 3.05) is 13.2 Å². The molecule has 65 heavy (non-hydrogen) atoms. The topological polar surface area (TPSA) is 133 Å². The second kappa shape index (κ2) is 55.9. The van der Waals surface area contributed by atoms with E-state index < -0.39 is 20.8 Å². The van der Waals surface area contributed by atoms with Gasteiger partial charge in [-0.1, -0.05) is 297 Å². The van der Waals surface area contributed by atoms with Crippen molar-refractivity contribution in [1.29, 1.82) is 0 Å². The van der Waals surface area contributed by atoms with E-state index in [9.17, 15) is 25.9 Å². The molecule has 2 unspecified atom stereocenters. The summed E-state index contributed by atoms with van der Waals surface area (Å²) in [5, 5.41) is 0. The van der Waals surface area contributed by atoms with Crippen molar-refractivity contribution in [2.45, 2.75) is 323 Å². The Morgan fingerprint density at radius 3 is 0.554 bits per heavy atom. The Labute approximate surface area is 437 Å². The molecule has 0 aromatic rings. The molecule has 0 aliphatic heterocycles. The Morgan fingerprint density at radius 1 is 0.277 bits per heavy atom. The fourth-order valence-electron chi connectivity index (χ4n) is 9.02. The van der Waals surface area contributed by atoms with Crippen molar-refractivity contribution < 1.29 is 34.3 Å². The van der Waals surface area contributed by atoms with Crippen molar-refractivity contribution in [2.24, 2.45) is 11.8 Å². The predicted octanol–water partition coefficient (Wildman–Crippen LogP) is 17.8. The van der Waals surface area contributed by atoms with Crippen molar-refractivity contribution >= 4 is 58.5 Å². The maximum Gasteiger partial charge on any atom is 2.00 e. The van der Waals surface area contributed by atoms with Gasteiger partial charge in [0.2, 0.25) is 20.8 Å². The quantitative estimate of drug-likeness (QED) is 0.0255. The summed E-state index contributed by atoms with van der Waals surface area (Å²) in [6.07, 6.45) is 59.2. The molecule has 8 nitrogen and oxygen atoms in total. The van der Waals surface area contributed by atoms with Crippen molar-refractivity contribution in [3.05, 3.63) is 0 Å². The third-order valence-corrected chi connectivity index (χ3v) is 14.1. The average Bonchev–Trinajstić information content (AvgIpc) is 3.25. The third kappa shape index (κ3) is 65.0. The molecule has 11 heteroatoms. The number of hydrogen-bond acceptors (Lipinski definition) is 8. The molecule has 0 heterocycles. The predicted molar refractivity (Wildman–Crippen MR) is 279 cm³/mol. The van der Waals surface area contributed by atoms with Crippen LogP contribution in [0.2, 0.25) is 0 Å². The maximum atomic E-state index is 10.8. The fraction of sp³-hybridized carbons (Fsp3) is 1.00. The minimum absolute atomic E-state index is 0. The van der Waals surface area contributed by atoms with Crippen LogP contribution in [0, 0.1) is 11.8 Å². The van der Waals surface area contributed by atoms with Gasteiger partial charge in [0.15, 0.2) is 0 Å². The summed E-state index contributed by atoms with van der Waals surface area (Å²) in [6.45, 7) is 9.09. The van der Waals surface area contributed by atoms with Gasteiger partial charge >= 0.3 is 37.7 Å². The van der Waals surface area contributed by atoms with Crippen LogP contribution >= 0.6 is 0 Å². The molecule has 0 N–H and O–H groups in total. The van der Waals surface area contributed by atoms with Crippen LogP contribution in [0.25, 0.3) is 0 Å². The average molecular weight is 992 g/mol. The zero-order chi connectivity index (χ0) is 47.5. The van der Waals surface area contributed by atoms with Crippen molar-refractivity contribution in [3.63, 3.8) is 0 Å². The Kier molecular flexibility index (Phi) is 60.4. The Bertz CT molecular complexity index is 1020. The van der Waals surface area contributed by atoms with E-state index in [4.69, 9.17) is 0 Å². The van der Waals surface area contributed by atoms with Gasteiger partial charge in [-0.15, -0.1) is 0 Å². The smallest absolute Gasteiger partial charge is 0.726 e. The summed E-state index contributed by atoms with van der Waals surface area (Å²) in [7, 11) is -9.14. The van der Waals surface area contributed by atoms with Crippen LogP contribution in [-0.4, -0.2) is 76.9 Å². The zero-order valence-electron chi connectivity index (χ0n) is 43.9. The normalized spacial score (nSPS) is 12.8. The van der Waals surface area contributed by atoms with Crippen molar-refractivity contribution in [1.82, 2.24) is 0 Å². The van der Waals surface area contributed by atoms with Crippen LogP contribution in [0.4, 0.5) is 0 Å². The van der Waals surface area contributed by atoms with E-state index in [-0.39, 0.29) is 62.8 Å². The number of rotatable bonds is 52.